The van der Waals surface area contributed by atoms with E-state index < -0.39 is 5.97 Å². The molecular weight excluding hydrogens is 298 g/mol. The Morgan fingerprint density at radius 3 is 3.09 bits per heavy atom. The summed E-state index contributed by atoms with van der Waals surface area (Å²) in [5.74, 6) is 1.28. The molecule has 2 heterocycles. The average Bonchev–Trinajstić information content (AvgIpc) is 2.94. The van der Waals surface area contributed by atoms with Crippen molar-refractivity contribution in [2.24, 2.45) is 7.05 Å². The quantitative estimate of drug-likeness (QED) is 0.938. The lowest BCUT2D eigenvalue weighted by Crippen LogP contribution is -2.35. The normalized spacial score (nSPS) is 19.2. The predicted octanol–water partition coefficient (Wildman–Crippen LogP) is 2.41. The molecule has 1 atom stereocenters. The summed E-state index contributed by atoms with van der Waals surface area (Å²) in [6, 6.07) is 7.55. The van der Waals surface area contributed by atoms with Gasteiger partial charge in [0, 0.05) is 49.4 Å². The molecule has 3 rings (SSSR count). The first kappa shape index (κ1) is 15.1. The monoisotopic (exact) mass is 317 g/mol. The lowest BCUT2D eigenvalue weighted by Gasteiger charge is -2.35. The summed E-state index contributed by atoms with van der Waals surface area (Å²) in [7, 11) is 1.93. The number of carboxylic acid groups (broad SMARTS) is 1. The van der Waals surface area contributed by atoms with Gasteiger partial charge in [0.05, 0.1) is 11.8 Å². The van der Waals surface area contributed by atoms with Gasteiger partial charge in [0.1, 0.15) is 0 Å². The van der Waals surface area contributed by atoms with Gasteiger partial charge < -0.3 is 5.11 Å². The van der Waals surface area contributed by atoms with Crippen LogP contribution in [0.15, 0.2) is 36.7 Å². The molecule has 0 bridgehead atoms. The minimum absolute atomic E-state index is 0.334. The fraction of sp³-hybridized carbons (Fsp3) is 0.375. The first-order chi connectivity index (χ1) is 10.6. The van der Waals surface area contributed by atoms with E-state index in [9.17, 15) is 4.79 Å². The van der Waals surface area contributed by atoms with Crippen LogP contribution in [0.4, 0.5) is 0 Å². The molecule has 1 aromatic heterocycles. The maximum atomic E-state index is 11.1. The molecule has 1 N–H and O–H groups in total. The SMILES string of the molecule is Cn1cc(C2CSCCN2Cc2cccc(C(=O)O)c2)cn1. The summed E-state index contributed by atoms with van der Waals surface area (Å²) < 4.78 is 1.83. The van der Waals surface area contributed by atoms with E-state index in [1.807, 2.05) is 41.8 Å². The first-order valence-electron chi connectivity index (χ1n) is 7.26. The first-order valence-corrected chi connectivity index (χ1v) is 8.41. The number of aromatic nitrogens is 2. The van der Waals surface area contributed by atoms with Crippen LogP contribution in [-0.4, -0.2) is 43.8 Å². The Bertz CT molecular complexity index is 671. The summed E-state index contributed by atoms with van der Waals surface area (Å²) >= 11 is 1.96. The van der Waals surface area contributed by atoms with Crippen LogP contribution >= 0.6 is 11.8 Å². The van der Waals surface area contributed by atoms with Gasteiger partial charge in [-0.3, -0.25) is 9.58 Å². The largest absolute Gasteiger partial charge is 0.478 e. The van der Waals surface area contributed by atoms with Gasteiger partial charge in [-0.15, -0.1) is 0 Å². The standard InChI is InChI=1S/C16H19N3O2S/c1-18-10-14(8-17-18)15-11-22-6-5-19(15)9-12-3-2-4-13(7-12)16(20)21/h2-4,7-8,10,15H,5-6,9,11H2,1H3,(H,20,21). The zero-order chi connectivity index (χ0) is 15.5. The van der Waals surface area contributed by atoms with Gasteiger partial charge in [0.25, 0.3) is 0 Å². The van der Waals surface area contributed by atoms with Crippen LogP contribution in [-0.2, 0) is 13.6 Å². The number of rotatable bonds is 4. The second-order valence-electron chi connectivity index (χ2n) is 5.51. The van der Waals surface area contributed by atoms with E-state index in [1.54, 1.807) is 12.1 Å². The summed E-state index contributed by atoms with van der Waals surface area (Å²) in [5, 5.41) is 13.4. The highest BCUT2D eigenvalue weighted by atomic mass is 32.2. The predicted molar refractivity (Wildman–Crippen MR) is 87.1 cm³/mol. The molecule has 5 nitrogen and oxygen atoms in total. The highest BCUT2D eigenvalue weighted by molar-refractivity contribution is 7.99. The van der Waals surface area contributed by atoms with Gasteiger partial charge in [-0.05, 0) is 17.7 Å². The number of carboxylic acids is 1. The molecule has 22 heavy (non-hydrogen) atoms. The smallest absolute Gasteiger partial charge is 0.335 e. The molecule has 0 aliphatic carbocycles. The number of hydrogen-bond donors (Lipinski definition) is 1. The van der Waals surface area contributed by atoms with Crippen LogP contribution in [0.3, 0.4) is 0 Å². The van der Waals surface area contributed by atoms with Gasteiger partial charge in [0.2, 0.25) is 0 Å². The third-order valence-electron chi connectivity index (χ3n) is 3.91. The molecule has 0 saturated carbocycles. The van der Waals surface area contributed by atoms with E-state index in [4.69, 9.17) is 5.11 Å². The van der Waals surface area contributed by atoms with Gasteiger partial charge in [-0.25, -0.2) is 4.79 Å². The van der Waals surface area contributed by atoms with Crippen LogP contribution < -0.4 is 0 Å². The van der Waals surface area contributed by atoms with Crippen LogP contribution in [0.5, 0.6) is 0 Å². The molecular formula is C16H19N3O2S. The summed E-state index contributed by atoms with van der Waals surface area (Å²) in [6.45, 7) is 1.77. The Hall–Kier alpha value is -1.79. The third-order valence-corrected chi connectivity index (χ3v) is 4.93. The molecule has 1 fully saturated rings. The third kappa shape index (κ3) is 3.34. The van der Waals surface area contributed by atoms with Crippen molar-refractivity contribution in [3.63, 3.8) is 0 Å². The molecule has 1 aliphatic rings. The van der Waals surface area contributed by atoms with Crippen LogP contribution in [0, 0.1) is 0 Å². The van der Waals surface area contributed by atoms with E-state index in [2.05, 4.69) is 16.2 Å². The van der Waals surface area contributed by atoms with Crippen molar-refractivity contribution in [3.05, 3.63) is 53.3 Å². The minimum Gasteiger partial charge on any atom is -0.478 e. The molecule has 1 unspecified atom stereocenters. The molecule has 6 heteroatoms. The van der Waals surface area contributed by atoms with E-state index in [-0.39, 0.29) is 0 Å². The van der Waals surface area contributed by atoms with E-state index >= 15 is 0 Å². The second-order valence-corrected chi connectivity index (χ2v) is 6.66. The molecule has 1 aliphatic heterocycles. The van der Waals surface area contributed by atoms with Gasteiger partial charge in [0.15, 0.2) is 0 Å². The van der Waals surface area contributed by atoms with Crippen molar-refractivity contribution in [2.75, 3.05) is 18.1 Å². The molecule has 1 saturated heterocycles. The zero-order valence-electron chi connectivity index (χ0n) is 12.5. The lowest BCUT2D eigenvalue weighted by atomic mass is 10.1. The van der Waals surface area contributed by atoms with Crippen LogP contribution in [0.25, 0.3) is 0 Å². The molecule has 0 amide bonds. The lowest BCUT2D eigenvalue weighted by molar-refractivity contribution is 0.0696. The topological polar surface area (TPSA) is 58.4 Å². The molecule has 0 radical (unpaired) electrons. The van der Waals surface area contributed by atoms with Crippen molar-refractivity contribution in [1.29, 1.82) is 0 Å². The van der Waals surface area contributed by atoms with E-state index in [1.165, 1.54) is 5.56 Å². The Kier molecular flexibility index (Phi) is 4.49. The Morgan fingerprint density at radius 2 is 2.36 bits per heavy atom. The van der Waals surface area contributed by atoms with E-state index in [0.717, 1.165) is 30.2 Å². The average molecular weight is 317 g/mol. The van der Waals surface area contributed by atoms with Gasteiger partial charge in [-0.1, -0.05) is 12.1 Å². The van der Waals surface area contributed by atoms with Gasteiger partial charge in [-0.2, -0.15) is 16.9 Å². The van der Waals surface area contributed by atoms with Crippen LogP contribution in [0.2, 0.25) is 0 Å². The number of nitrogens with zero attached hydrogens (tertiary/aromatic N) is 3. The number of hydrogen-bond acceptors (Lipinski definition) is 4. The van der Waals surface area contributed by atoms with Crippen molar-refractivity contribution >= 4 is 17.7 Å². The fourth-order valence-corrected chi connectivity index (χ4v) is 3.94. The number of thioether (sulfide) groups is 1. The molecule has 0 spiro atoms. The Balaban J connectivity index is 1.79. The molecule has 1 aromatic carbocycles. The highest BCUT2D eigenvalue weighted by Gasteiger charge is 2.25. The second kappa shape index (κ2) is 6.54. The zero-order valence-corrected chi connectivity index (χ0v) is 13.3. The number of benzene rings is 1. The number of aryl methyl sites for hydroxylation is 1. The summed E-state index contributed by atoms with van der Waals surface area (Å²) in [5.41, 5.74) is 2.62. The summed E-state index contributed by atoms with van der Waals surface area (Å²) in [6.07, 6.45) is 3.99. The van der Waals surface area contributed by atoms with Crippen LogP contribution in [0.1, 0.15) is 27.5 Å². The minimum atomic E-state index is -0.875. The van der Waals surface area contributed by atoms with Crippen molar-refractivity contribution in [2.45, 2.75) is 12.6 Å². The van der Waals surface area contributed by atoms with Crippen molar-refractivity contribution in [3.8, 4) is 0 Å². The van der Waals surface area contributed by atoms with E-state index in [0.29, 0.717) is 11.6 Å². The maximum absolute atomic E-state index is 11.1. The fourth-order valence-electron chi connectivity index (χ4n) is 2.78. The Morgan fingerprint density at radius 1 is 1.50 bits per heavy atom. The Labute approximate surface area is 133 Å². The van der Waals surface area contributed by atoms with Gasteiger partial charge >= 0.3 is 5.97 Å². The maximum Gasteiger partial charge on any atom is 0.335 e. The number of aromatic carboxylic acids is 1. The highest BCUT2D eigenvalue weighted by Crippen LogP contribution is 2.30. The molecule has 2 aromatic rings. The summed E-state index contributed by atoms with van der Waals surface area (Å²) in [4.78, 5) is 13.5. The molecule has 116 valence electrons. The number of carbonyl (C=O) groups is 1. The van der Waals surface area contributed by atoms with Crippen molar-refractivity contribution in [1.82, 2.24) is 14.7 Å². The van der Waals surface area contributed by atoms with Crippen molar-refractivity contribution < 1.29 is 9.90 Å².